The SMILES string of the molecule is COc1ccc(S(=O)(=O)NCC2CCN(C(=O)c3snnc3C)CC2)cc1OC. The second kappa shape index (κ2) is 9.06. The van der Waals surface area contributed by atoms with Crippen LogP contribution in [0.2, 0.25) is 0 Å². The number of piperidine rings is 1. The molecule has 1 aromatic carbocycles. The van der Waals surface area contributed by atoms with Crippen LogP contribution in [0, 0.1) is 12.8 Å². The molecule has 0 unspecified atom stereocenters. The van der Waals surface area contributed by atoms with Gasteiger partial charge in [0.1, 0.15) is 4.88 Å². The number of sulfonamides is 1. The zero-order valence-corrected chi connectivity index (χ0v) is 18.2. The molecule has 2 aromatic rings. The van der Waals surface area contributed by atoms with Gasteiger partial charge in [0, 0.05) is 25.7 Å². The van der Waals surface area contributed by atoms with E-state index in [0.29, 0.717) is 41.7 Å². The molecule has 1 N–H and O–H groups in total. The number of likely N-dealkylation sites (tertiary alicyclic amines) is 1. The lowest BCUT2D eigenvalue weighted by Gasteiger charge is -2.31. The van der Waals surface area contributed by atoms with Crippen molar-refractivity contribution in [2.45, 2.75) is 24.7 Å². The van der Waals surface area contributed by atoms with Crippen LogP contribution in [0.15, 0.2) is 23.1 Å². The maximum absolute atomic E-state index is 12.6. The van der Waals surface area contributed by atoms with E-state index in [0.717, 1.165) is 24.4 Å². The molecule has 1 aliphatic rings. The van der Waals surface area contributed by atoms with Crippen LogP contribution in [0.25, 0.3) is 0 Å². The highest BCUT2D eigenvalue weighted by Gasteiger charge is 2.27. The van der Waals surface area contributed by atoms with Gasteiger partial charge in [-0.25, -0.2) is 13.1 Å². The molecule has 9 nitrogen and oxygen atoms in total. The summed E-state index contributed by atoms with van der Waals surface area (Å²) in [4.78, 5) is 15.0. The predicted molar refractivity (Wildman–Crippen MR) is 108 cm³/mol. The third kappa shape index (κ3) is 4.85. The molecule has 1 amide bonds. The number of hydrogen-bond donors (Lipinski definition) is 1. The van der Waals surface area contributed by atoms with Gasteiger partial charge in [-0.1, -0.05) is 4.49 Å². The first-order chi connectivity index (χ1) is 13.9. The normalized spacial score (nSPS) is 15.3. The minimum Gasteiger partial charge on any atom is -0.493 e. The Morgan fingerprint density at radius 2 is 1.93 bits per heavy atom. The molecule has 1 saturated heterocycles. The number of methoxy groups -OCH3 is 2. The minimum atomic E-state index is -3.67. The molecule has 1 fully saturated rings. The van der Waals surface area contributed by atoms with Crippen molar-refractivity contribution in [1.82, 2.24) is 19.2 Å². The van der Waals surface area contributed by atoms with Crippen LogP contribution in [-0.4, -0.2) is 62.7 Å². The van der Waals surface area contributed by atoms with Crippen molar-refractivity contribution in [2.24, 2.45) is 5.92 Å². The van der Waals surface area contributed by atoms with Crippen LogP contribution in [0.5, 0.6) is 11.5 Å². The number of benzene rings is 1. The number of nitrogens with one attached hydrogen (secondary N) is 1. The Hall–Kier alpha value is -2.24. The number of carbonyl (C=O) groups is 1. The number of hydrogen-bond acceptors (Lipinski definition) is 8. The van der Waals surface area contributed by atoms with Gasteiger partial charge >= 0.3 is 0 Å². The summed E-state index contributed by atoms with van der Waals surface area (Å²) in [7, 11) is -0.716. The molecule has 0 radical (unpaired) electrons. The number of nitrogens with zero attached hydrogens (tertiary/aromatic N) is 3. The molecule has 2 heterocycles. The van der Waals surface area contributed by atoms with Gasteiger partial charge in [-0.15, -0.1) is 5.10 Å². The van der Waals surface area contributed by atoms with E-state index in [1.54, 1.807) is 17.9 Å². The van der Waals surface area contributed by atoms with Gasteiger partial charge in [-0.05, 0) is 49.3 Å². The predicted octanol–water partition coefficient (Wildman–Crippen LogP) is 1.69. The summed E-state index contributed by atoms with van der Waals surface area (Å²) in [5.41, 5.74) is 0.643. The summed E-state index contributed by atoms with van der Waals surface area (Å²) in [6.07, 6.45) is 1.46. The molecular weight excluding hydrogens is 416 g/mol. The van der Waals surface area contributed by atoms with Crippen molar-refractivity contribution in [2.75, 3.05) is 33.9 Å². The molecule has 0 atom stereocenters. The molecule has 1 aliphatic heterocycles. The molecular formula is C18H24N4O5S2. The Balaban J connectivity index is 1.56. The average molecular weight is 441 g/mol. The lowest BCUT2D eigenvalue weighted by atomic mass is 9.97. The number of amides is 1. The molecule has 158 valence electrons. The van der Waals surface area contributed by atoms with Crippen LogP contribution in [0.1, 0.15) is 28.2 Å². The molecule has 3 rings (SSSR count). The fourth-order valence-corrected chi connectivity index (χ4v) is 4.96. The van der Waals surface area contributed by atoms with E-state index in [-0.39, 0.29) is 16.7 Å². The molecule has 0 spiro atoms. The summed E-state index contributed by atoms with van der Waals surface area (Å²) in [6, 6.07) is 4.48. The van der Waals surface area contributed by atoms with Crippen molar-refractivity contribution in [1.29, 1.82) is 0 Å². The third-order valence-corrected chi connectivity index (χ3v) is 7.21. The molecule has 0 aliphatic carbocycles. The first-order valence-corrected chi connectivity index (χ1v) is 11.4. The van der Waals surface area contributed by atoms with E-state index in [1.807, 2.05) is 0 Å². The Labute approximate surface area is 174 Å². The van der Waals surface area contributed by atoms with Gasteiger partial charge in [0.2, 0.25) is 10.0 Å². The maximum atomic E-state index is 12.6. The number of rotatable bonds is 7. The summed E-state index contributed by atoms with van der Waals surface area (Å²) in [5.74, 6) is 0.932. The highest BCUT2D eigenvalue weighted by atomic mass is 32.2. The Morgan fingerprint density at radius 1 is 1.24 bits per heavy atom. The van der Waals surface area contributed by atoms with Gasteiger partial charge in [-0.2, -0.15) is 0 Å². The van der Waals surface area contributed by atoms with Gasteiger partial charge in [0.05, 0.1) is 24.8 Å². The highest BCUT2D eigenvalue weighted by molar-refractivity contribution is 7.89. The minimum absolute atomic E-state index is 0.0538. The zero-order valence-electron chi connectivity index (χ0n) is 16.5. The van der Waals surface area contributed by atoms with Crippen molar-refractivity contribution in [3.63, 3.8) is 0 Å². The largest absolute Gasteiger partial charge is 0.493 e. The molecule has 29 heavy (non-hydrogen) atoms. The molecule has 0 saturated carbocycles. The van der Waals surface area contributed by atoms with Crippen molar-refractivity contribution in [3.05, 3.63) is 28.8 Å². The van der Waals surface area contributed by atoms with Crippen LogP contribution in [0.3, 0.4) is 0 Å². The number of carbonyl (C=O) groups excluding carboxylic acids is 1. The average Bonchev–Trinajstić information content (AvgIpc) is 3.17. The van der Waals surface area contributed by atoms with Crippen LogP contribution in [0.4, 0.5) is 0 Å². The van der Waals surface area contributed by atoms with E-state index in [1.165, 1.54) is 26.4 Å². The maximum Gasteiger partial charge on any atom is 0.267 e. The van der Waals surface area contributed by atoms with Gasteiger partial charge in [-0.3, -0.25) is 4.79 Å². The number of ether oxygens (including phenoxy) is 2. The summed E-state index contributed by atoms with van der Waals surface area (Å²) < 4.78 is 42.0. The molecule has 0 bridgehead atoms. The standard InChI is InChI=1S/C18H24N4O5S2/c1-12-17(28-21-20-12)18(23)22-8-6-13(7-9-22)11-19-29(24,25)14-4-5-15(26-2)16(10-14)27-3/h4-5,10,13,19H,6-9,11H2,1-3H3. The van der Waals surface area contributed by atoms with Crippen LogP contribution in [-0.2, 0) is 10.0 Å². The summed E-state index contributed by atoms with van der Waals surface area (Å²) in [5, 5.41) is 3.88. The lowest BCUT2D eigenvalue weighted by molar-refractivity contribution is 0.0696. The third-order valence-electron chi connectivity index (χ3n) is 4.97. The fourth-order valence-electron chi connectivity index (χ4n) is 3.21. The van der Waals surface area contributed by atoms with Crippen LogP contribution >= 0.6 is 11.5 Å². The van der Waals surface area contributed by atoms with E-state index in [2.05, 4.69) is 14.3 Å². The van der Waals surface area contributed by atoms with Gasteiger partial charge in [0.25, 0.3) is 5.91 Å². The van der Waals surface area contributed by atoms with E-state index in [4.69, 9.17) is 9.47 Å². The second-order valence-electron chi connectivity index (χ2n) is 6.79. The zero-order chi connectivity index (χ0) is 21.0. The number of aryl methyl sites for hydroxylation is 1. The first-order valence-electron chi connectivity index (χ1n) is 9.15. The highest BCUT2D eigenvalue weighted by Crippen LogP contribution is 2.29. The van der Waals surface area contributed by atoms with Gasteiger partial charge < -0.3 is 14.4 Å². The topological polar surface area (TPSA) is 111 Å². The smallest absolute Gasteiger partial charge is 0.267 e. The monoisotopic (exact) mass is 440 g/mol. The molecule has 1 aromatic heterocycles. The fraction of sp³-hybridized carbons (Fsp3) is 0.500. The second-order valence-corrected chi connectivity index (χ2v) is 9.31. The Bertz CT molecular complexity index is 968. The molecule has 11 heteroatoms. The lowest BCUT2D eigenvalue weighted by Crippen LogP contribution is -2.41. The van der Waals surface area contributed by atoms with E-state index >= 15 is 0 Å². The Morgan fingerprint density at radius 3 is 2.52 bits per heavy atom. The Kier molecular flexibility index (Phi) is 6.70. The van der Waals surface area contributed by atoms with E-state index < -0.39 is 10.0 Å². The van der Waals surface area contributed by atoms with Crippen molar-refractivity contribution in [3.8, 4) is 11.5 Å². The van der Waals surface area contributed by atoms with Crippen LogP contribution < -0.4 is 14.2 Å². The summed E-state index contributed by atoms with van der Waals surface area (Å²) >= 11 is 1.11. The summed E-state index contributed by atoms with van der Waals surface area (Å²) in [6.45, 7) is 3.25. The van der Waals surface area contributed by atoms with Gasteiger partial charge in [0.15, 0.2) is 11.5 Å². The van der Waals surface area contributed by atoms with Crippen molar-refractivity contribution < 1.29 is 22.7 Å². The number of aromatic nitrogens is 2. The van der Waals surface area contributed by atoms with E-state index in [9.17, 15) is 13.2 Å². The quantitative estimate of drug-likeness (QED) is 0.697. The first kappa shape index (κ1) is 21.5. The van der Waals surface area contributed by atoms with Crippen molar-refractivity contribution >= 4 is 27.5 Å².